The maximum atomic E-state index is 11.3. The Morgan fingerprint density at radius 1 is 1.60 bits per heavy atom. The smallest absolute Gasteiger partial charge is 0.280 e. The van der Waals surface area contributed by atoms with Crippen molar-refractivity contribution >= 4 is 17.5 Å². The highest BCUT2D eigenvalue weighted by Crippen LogP contribution is 2.30. The average Bonchev–Trinajstić information content (AvgIpc) is 2.93. The Labute approximate surface area is 84.3 Å². The molecule has 0 radical (unpaired) electrons. The summed E-state index contributed by atoms with van der Waals surface area (Å²) in [5.41, 5.74) is 4.28. The number of aromatic hydroxyl groups is 1. The lowest BCUT2D eigenvalue weighted by Gasteiger charge is -2.04. The number of hydrogen-bond acceptors (Lipinski definition) is 5. The van der Waals surface area contributed by atoms with E-state index < -0.39 is 11.4 Å². The number of amides is 1. The number of nitrogens with two attached hydrogens (primary N) is 1. The number of carbonyl (C=O) groups is 1. The zero-order valence-corrected chi connectivity index (χ0v) is 7.78. The van der Waals surface area contributed by atoms with Crippen molar-refractivity contribution in [1.29, 1.82) is 0 Å². The highest BCUT2D eigenvalue weighted by molar-refractivity contribution is 5.94. The molecule has 0 aliphatic heterocycles. The zero-order chi connectivity index (χ0) is 11.0. The SMILES string of the molecule is Nc1nc(O)c(NC(=O)C2CC2)c(=O)[nH]1. The van der Waals surface area contributed by atoms with Gasteiger partial charge in [-0.05, 0) is 12.8 Å². The number of nitrogens with zero attached hydrogens (tertiary/aromatic N) is 1. The van der Waals surface area contributed by atoms with E-state index in [1.807, 2.05) is 0 Å². The van der Waals surface area contributed by atoms with Crippen LogP contribution in [0.15, 0.2) is 4.79 Å². The van der Waals surface area contributed by atoms with Crippen LogP contribution < -0.4 is 16.6 Å². The van der Waals surface area contributed by atoms with Crippen molar-refractivity contribution in [3.8, 4) is 5.88 Å². The lowest BCUT2D eigenvalue weighted by atomic mass is 10.3. The molecule has 1 amide bonds. The third kappa shape index (κ3) is 1.90. The maximum absolute atomic E-state index is 11.3. The topological polar surface area (TPSA) is 121 Å². The van der Waals surface area contributed by atoms with Crippen LogP contribution in [-0.2, 0) is 4.79 Å². The molecule has 1 fully saturated rings. The second-order valence-electron chi connectivity index (χ2n) is 3.41. The quantitative estimate of drug-likeness (QED) is 0.519. The molecule has 0 spiro atoms. The van der Waals surface area contributed by atoms with Crippen LogP contribution in [0.25, 0.3) is 0 Å². The van der Waals surface area contributed by atoms with Crippen LogP contribution in [0.2, 0.25) is 0 Å². The highest BCUT2D eigenvalue weighted by atomic mass is 16.3. The van der Waals surface area contributed by atoms with E-state index in [0.29, 0.717) is 0 Å². The van der Waals surface area contributed by atoms with Crippen LogP contribution in [0.5, 0.6) is 5.88 Å². The van der Waals surface area contributed by atoms with E-state index in [4.69, 9.17) is 5.73 Å². The van der Waals surface area contributed by atoms with E-state index in [2.05, 4.69) is 15.3 Å². The van der Waals surface area contributed by atoms with Gasteiger partial charge < -0.3 is 16.2 Å². The Morgan fingerprint density at radius 3 is 2.80 bits per heavy atom. The number of nitrogens with one attached hydrogen (secondary N) is 2. The molecule has 0 aromatic carbocycles. The third-order valence-corrected chi connectivity index (χ3v) is 2.11. The summed E-state index contributed by atoms with van der Waals surface area (Å²) in [4.78, 5) is 28.2. The molecule has 1 aliphatic carbocycles. The zero-order valence-electron chi connectivity index (χ0n) is 7.78. The van der Waals surface area contributed by atoms with Crippen LogP contribution in [0.3, 0.4) is 0 Å². The van der Waals surface area contributed by atoms with Crippen LogP contribution in [0.1, 0.15) is 12.8 Å². The van der Waals surface area contributed by atoms with E-state index in [-0.39, 0.29) is 23.5 Å². The predicted molar refractivity (Wildman–Crippen MR) is 52.3 cm³/mol. The molecule has 1 aromatic rings. The van der Waals surface area contributed by atoms with E-state index in [1.54, 1.807) is 0 Å². The first-order chi connectivity index (χ1) is 7.08. The number of aromatic nitrogens is 2. The first-order valence-corrected chi connectivity index (χ1v) is 4.47. The average molecular weight is 210 g/mol. The molecule has 15 heavy (non-hydrogen) atoms. The molecule has 1 aliphatic rings. The van der Waals surface area contributed by atoms with Gasteiger partial charge in [0.15, 0.2) is 5.69 Å². The summed E-state index contributed by atoms with van der Waals surface area (Å²) in [6.07, 6.45) is 1.62. The summed E-state index contributed by atoms with van der Waals surface area (Å²) in [5.74, 6) is -1.09. The monoisotopic (exact) mass is 210 g/mol. The predicted octanol–water partition coefficient (Wildman–Crippen LogP) is -0.594. The van der Waals surface area contributed by atoms with Crippen molar-refractivity contribution in [2.75, 3.05) is 11.1 Å². The Morgan fingerprint density at radius 2 is 2.27 bits per heavy atom. The molecule has 0 atom stereocenters. The lowest BCUT2D eigenvalue weighted by molar-refractivity contribution is -0.117. The van der Waals surface area contributed by atoms with Crippen molar-refractivity contribution in [3.63, 3.8) is 0 Å². The van der Waals surface area contributed by atoms with Crippen molar-refractivity contribution in [1.82, 2.24) is 9.97 Å². The number of H-pyrrole nitrogens is 1. The minimum atomic E-state index is -0.658. The molecular formula is C8H10N4O3. The van der Waals surface area contributed by atoms with Gasteiger partial charge in [0.1, 0.15) is 0 Å². The minimum absolute atomic E-state index is 0.0543. The van der Waals surface area contributed by atoms with Crippen LogP contribution in [-0.4, -0.2) is 21.0 Å². The second kappa shape index (κ2) is 3.26. The van der Waals surface area contributed by atoms with Gasteiger partial charge in [-0.3, -0.25) is 14.6 Å². The van der Waals surface area contributed by atoms with Crippen molar-refractivity contribution < 1.29 is 9.90 Å². The Balaban J connectivity index is 2.27. The van der Waals surface area contributed by atoms with Gasteiger partial charge in [-0.1, -0.05) is 0 Å². The summed E-state index contributed by atoms with van der Waals surface area (Å²) < 4.78 is 0. The summed E-state index contributed by atoms with van der Waals surface area (Å²) in [7, 11) is 0. The minimum Gasteiger partial charge on any atom is -0.492 e. The van der Waals surface area contributed by atoms with Gasteiger partial charge in [0.05, 0.1) is 0 Å². The number of carbonyl (C=O) groups excluding carboxylic acids is 1. The molecule has 2 rings (SSSR count). The highest BCUT2D eigenvalue weighted by Gasteiger charge is 2.30. The van der Waals surface area contributed by atoms with E-state index >= 15 is 0 Å². The molecule has 0 saturated heterocycles. The molecule has 80 valence electrons. The Kier molecular flexibility index (Phi) is 2.07. The fraction of sp³-hybridized carbons (Fsp3) is 0.375. The van der Waals surface area contributed by atoms with E-state index in [1.165, 1.54) is 0 Å². The molecule has 1 heterocycles. The third-order valence-electron chi connectivity index (χ3n) is 2.11. The molecule has 0 unspecified atom stereocenters. The van der Waals surface area contributed by atoms with E-state index in [9.17, 15) is 14.7 Å². The lowest BCUT2D eigenvalue weighted by Crippen LogP contribution is -2.22. The van der Waals surface area contributed by atoms with E-state index in [0.717, 1.165) is 12.8 Å². The van der Waals surface area contributed by atoms with Gasteiger partial charge in [-0.2, -0.15) is 4.98 Å². The molecular weight excluding hydrogens is 200 g/mol. The fourth-order valence-corrected chi connectivity index (χ4v) is 1.16. The fourth-order valence-electron chi connectivity index (χ4n) is 1.16. The molecule has 0 bridgehead atoms. The normalized spacial score (nSPS) is 14.9. The van der Waals surface area contributed by atoms with Gasteiger partial charge in [0.25, 0.3) is 5.56 Å². The molecule has 1 saturated carbocycles. The second-order valence-corrected chi connectivity index (χ2v) is 3.41. The summed E-state index contributed by atoms with van der Waals surface area (Å²) in [5, 5.41) is 11.6. The number of rotatable bonds is 2. The standard InChI is InChI=1S/C8H10N4O3/c9-8-11-6(14)4(7(15)12-8)10-5(13)3-1-2-3/h3H,1-2H2,(H,10,13)(H4,9,11,12,14,15). The Bertz CT molecular complexity index is 463. The van der Waals surface area contributed by atoms with Gasteiger partial charge in [-0.15, -0.1) is 0 Å². The van der Waals surface area contributed by atoms with Gasteiger partial charge in [0, 0.05) is 5.92 Å². The molecule has 7 heteroatoms. The largest absolute Gasteiger partial charge is 0.492 e. The van der Waals surface area contributed by atoms with Gasteiger partial charge in [0.2, 0.25) is 17.7 Å². The van der Waals surface area contributed by atoms with Crippen LogP contribution in [0, 0.1) is 5.92 Å². The first-order valence-electron chi connectivity index (χ1n) is 4.47. The summed E-state index contributed by atoms with van der Waals surface area (Å²) in [6, 6.07) is 0. The van der Waals surface area contributed by atoms with Crippen LogP contribution >= 0.6 is 0 Å². The number of anilines is 2. The maximum Gasteiger partial charge on any atom is 0.280 e. The number of nitrogen functional groups attached to an aromatic ring is 1. The number of hydrogen-bond donors (Lipinski definition) is 4. The summed E-state index contributed by atoms with van der Waals surface area (Å²) in [6.45, 7) is 0. The van der Waals surface area contributed by atoms with Crippen molar-refractivity contribution in [2.45, 2.75) is 12.8 Å². The van der Waals surface area contributed by atoms with Crippen LogP contribution in [0.4, 0.5) is 11.6 Å². The Hall–Kier alpha value is -2.05. The molecule has 1 aromatic heterocycles. The van der Waals surface area contributed by atoms with Crippen molar-refractivity contribution in [3.05, 3.63) is 10.4 Å². The molecule has 5 N–H and O–H groups in total. The summed E-state index contributed by atoms with van der Waals surface area (Å²) >= 11 is 0. The first kappa shape index (κ1) is 9.50. The number of aromatic amines is 1. The van der Waals surface area contributed by atoms with Gasteiger partial charge >= 0.3 is 0 Å². The van der Waals surface area contributed by atoms with Gasteiger partial charge in [-0.25, -0.2) is 0 Å². The molecule has 7 nitrogen and oxygen atoms in total. The van der Waals surface area contributed by atoms with Crippen molar-refractivity contribution in [2.24, 2.45) is 5.92 Å².